The van der Waals surface area contributed by atoms with Gasteiger partial charge in [0.1, 0.15) is 5.82 Å². The van der Waals surface area contributed by atoms with Crippen molar-refractivity contribution in [1.29, 1.82) is 0 Å². The summed E-state index contributed by atoms with van der Waals surface area (Å²) in [6.07, 6.45) is 0.275. The van der Waals surface area contributed by atoms with Crippen LogP contribution in [0.3, 0.4) is 0 Å². The number of rotatable bonds is 7. The first-order valence-corrected chi connectivity index (χ1v) is 8.51. The summed E-state index contributed by atoms with van der Waals surface area (Å²) in [4.78, 5) is 11.8. The van der Waals surface area contributed by atoms with Gasteiger partial charge in [0.2, 0.25) is 5.91 Å². The minimum atomic E-state index is -0.183. The van der Waals surface area contributed by atoms with Gasteiger partial charge in [0.25, 0.3) is 0 Å². The van der Waals surface area contributed by atoms with Crippen LogP contribution in [0.15, 0.2) is 48.5 Å². The van der Waals surface area contributed by atoms with Crippen LogP contribution in [0.2, 0.25) is 5.02 Å². The molecule has 0 aliphatic heterocycles. The fraction of sp³-hybridized carbons (Fsp3) is 0.235. The highest BCUT2D eigenvalue weighted by Crippen LogP contribution is 2.16. The quantitative estimate of drug-likeness (QED) is 0.772. The molecule has 1 amide bonds. The highest BCUT2D eigenvalue weighted by Gasteiger charge is 2.06. The second-order valence-corrected chi connectivity index (χ2v) is 6.27. The molecule has 22 heavy (non-hydrogen) atoms. The Labute approximate surface area is 139 Å². The summed E-state index contributed by atoms with van der Waals surface area (Å²) in [5.74, 6) is 1.10. The number of carbonyl (C=O) groups is 1. The third-order valence-corrected chi connectivity index (χ3v) is 4.47. The monoisotopic (exact) mass is 337 g/mol. The van der Waals surface area contributed by atoms with Gasteiger partial charge in [-0.15, -0.1) is 0 Å². The van der Waals surface area contributed by atoms with Crippen molar-refractivity contribution in [2.75, 3.05) is 12.3 Å². The average Bonchev–Trinajstić information content (AvgIpc) is 2.51. The van der Waals surface area contributed by atoms with Crippen LogP contribution in [0.1, 0.15) is 11.1 Å². The van der Waals surface area contributed by atoms with E-state index in [-0.39, 0.29) is 18.1 Å². The smallest absolute Gasteiger partial charge is 0.224 e. The zero-order valence-corrected chi connectivity index (χ0v) is 13.6. The standard InChI is InChI=1S/C17H17ClFNOS/c18-15-7-3-1-5-13(15)11-17(21)20-9-10-22-12-14-6-2-4-8-16(14)19/h1-8H,9-12H2,(H,20,21). The lowest BCUT2D eigenvalue weighted by atomic mass is 10.1. The minimum absolute atomic E-state index is 0.0559. The van der Waals surface area contributed by atoms with Crippen LogP contribution in [0, 0.1) is 5.82 Å². The van der Waals surface area contributed by atoms with Gasteiger partial charge in [0, 0.05) is 23.1 Å². The van der Waals surface area contributed by atoms with E-state index in [9.17, 15) is 9.18 Å². The van der Waals surface area contributed by atoms with Crippen molar-refractivity contribution in [3.8, 4) is 0 Å². The number of halogens is 2. The highest BCUT2D eigenvalue weighted by molar-refractivity contribution is 7.98. The number of thioether (sulfide) groups is 1. The predicted octanol–water partition coefficient (Wildman–Crippen LogP) is 4.07. The van der Waals surface area contributed by atoms with Gasteiger partial charge >= 0.3 is 0 Å². The van der Waals surface area contributed by atoms with Gasteiger partial charge in [-0.05, 0) is 23.3 Å². The lowest BCUT2D eigenvalue weighted by molar-refractivity contribution is -0.120. The first kappa shape index (κ1) is 16.8. The summed E-state index contributed by atoms with van der Waals surface area (Å²) in [5, 5.41) is 3.45. The molecule has 2 aromatic carbocycles. The average molecular weight is 338 g/mol. The van der Waals surface area contributed by atoms with E-state index in [0.29, 0.717) is 22.9 Å². The maximum Gasteiger partial charge on any atom is 0.224 e. The third-order valence-electron chi connectivity index (χ3n) is 3.09. The number of hydrogen-bond acceptors (Lipinski definition) is 2. The van der Waals surface area contributed by atoms with Crippen molar-refractivity contribution in [1.82, 2.24) is 5.32 Å². The molecule has 0 fully saturated rings. The Bertz CT molecular complexity index is 636. The van der Waals surface area contributed by atoms with Crippen LogP contribution in [0.25, 0.3) is 0 Å². The second-order valence-electron chi connectivity index (χ2n) is 4.76. The Hall–Kier alpha value is -1.52. The van der Waals surface area contributed by atoms with E-state index in [4.69, 9.17) is 11.6 Å². The molecule has 2 nitrogen and oxygen atoms in total. The SMILES string of the molecule is O=C(Cc1ccccc1Cl)NCCSCc1ccccc1F. The Kier molecular flexibility index (Phi) is 6.74. The van der Waals surface area contributed by atoms with E-state index >= 15 is 0 Å². The molecule has 0 heterocycles. The van der Waals surface area contributed by atoms with Crippen molar-refractivity contribution in [3.05, 3.63) is 70.5 Å². The molecular weight excluding hydrogens is 321 g/mol. The maximum absolute atomic E-state index is 13.4. The van der Waals surface area contributed by atoms with Gasteiger partial charge in [0.15, 0.2) is 0 Å². The zero-order chi connectivity index (χ0) is 15.8. The number of benzene rings is 2. The van der Waals surface area contributed by atoms with Crippen molar-refractivity contribution in [2.45, 2.75) is 12.2 Å². The minimum Gasteiger partial charge on any atom is -0.355 e. The van der Waals surface area contributed by atoms with E-state index in [1.54, 1.807) is 30.0 Å². The van der Waals surface area contributed by atoms with Gasteiger partial charge in [-0.2, -0.15) is 11.8 Å². The van der Waals surface area contributed by atoms with Gasteiger partial charge in [0.05, 0.1) is 6.42 Å². The summed E-state index contributed by atoms with van der Waals surface area (Å²) < 4.78 is 13.4. The zero-order valence-electron chi connectivity index (χ0n) is 12.0. The van der Waals surface area contributed by atoms with E-state index < -0.39 is 0 Å². The Morgan fingerprint density at radius 2 is 1.77 bits per heavy atom. The van der Waals surface area contributed by atoms with Crippen LogP contribution in [0.5, 0.6) is 0 Å². The normalized spacial score (nSPS) is 10.5. The van der Waals surface area contributed by atoms with Crippen molar-refractivity contribution >= 4 is 29.3 Å². The molecule has 2 rings (SSSR count). The largest absolute Gasteiger partial charge is 0.355 e. The van der Waals surface area contributed by atoms with Gasteiger partial charge in [-0.3, -0.25) is 4.79 Å². The fourth-order valence-electron chi connectivity index (χ4n) is 1.94. The molecule has 5 heteroatoms. The van der Waals surface area contributed by atoms with Crippen LogP contribution in [-0.4, -0.2) is 18.2 Å². The number of carbonyl (C=O) groups excluding carboxylic acids is 1. The molecule has 0 aromatic heterocycles. The molecule has 0 unspecified atom stereocenters. The van der Waals surface area contributed by atoms with E-state index in [0.717, 1.165) is 11.3 Å². The first-order chi connectivity index (χ1) is 10.7. The summed E-state index contributed by atoms with van der Waals surface area (Å²) in [5.41, 5.74) is 1.51. The van der Waals surface area contributed by atoms with Gasteiger partial charge < -0.3 is 5.32 Å². The van der Waals surface area contributed by atoms with E-state index in [1.165, 1.54) is 6.07 Å². The highest BCUT2D eigenvalue weighted by atomic mass is 35.5. The summed E-state index contributed by atoms with van der Waals surface area (Å²) in [6, 6.07) is 14.0. The molecule has 0 bridgehead atoms. The molecule has 116 valence electrons. The number of amides is 1. The molecule has 2 aromatic rings. The lowest BCUT2D eigenvalue weighted by Crippen LogP contribution is -2.27. The molecular formula is C17H17ClFNOS. The number of hydrogen-bond donors (Lipinski definition) is 1. The van der Waals surface area contributed by atoms with Crippen molar-refractivity contribution < 1.29 is 9.18 Å². The summed E-state index contributed by atoms with van der Waals surface area (Å²) >= 11 is 7.61. The summed E-state index contributed by atoms with van der Waals surface area (Å²) in [7, 11) is 0. The number of nitrogens with one attached hydrogen (secondary N) is 1. The Morgan fingerprint density at radius 3 is 2.50 bits per heavy atom. The molecule has 0 spiro atoms. The van der Waals surface area contributed by atoms with E-state index in [2.05, 4.69) is 5.32 Å². The first-order valence-electron chi connectivity index (χ1n) is 6.98. The fourth-order valence-corrected chi connectivity index (χ4v) is 2.98. The van der Waals surface area contributed by atoms with Crippen LogP contribution >= 0.6 is 23.4 Å². The molecule has 0 atom stereocenters. The Morgan fingerprint density at radius 1 is 1.09 bits per heavy atom. The van der Waals surface area contributed by atoms with Crippen molar-refractivity contribution in [2.24, 2.45) is 0 Å². The van der Waals surface area contributed by atoms with Crippen LogP contribution < -0.4 is 5.32 Å². The molecule has 0 aliphatic rings. The van der Waals surface area contributed by atoms with Gasteiger partial charge in [-0.25, -0.2) is 4.39 Å². The Balaban J connectivity index is 1.65. The lowest BCUT2D eigenvalue weighted by Gasteiger charge is -2.07. The van der Waals surface area contributed by atoms with Crippen molar-refractivity contribution in [3.63, 3.8) is 0 Å². The molecule has 0 aliphatic carbocycles. The van der Waals surface area contributed by atoms with Crippen LogP contribution in [-0.2, 0) is 17.0 Å². The van der Waals surface area contributed by atoms with Gasteiger partial charge in [-0.1, -0.05) is 48.0 Å². The topological polar surface area (TPSA) is 29.1 Å². The maximum atomic E-state index is 13.4. The third kappa shape index (κ3) is 5.35. The van der Waals surface area contributed by atoms with E-state index in [1.807, 2.05) is 24.3 Å². The van der Waals surface area contributed by atoms with Crippen LogP contribution in [0.4, 0.5) is 4.39 Å². The molecule has 0 saturated heterocycles. The molecule has 0 radical (unpaired) electrons. The molecule has 0 saturated carbocycles. The molecule has 1 N–H and O–H groups in total. The predicted molar refractivity (Wildman–Crippen MR) is 90.7 cm³/mol. The summed E-state index contributed by atoms with van der Waals surface area (Å²) in [6.45, 7) is 0.558. The second kappa shape index (κ2) is 8.81.